The number of hydrogen-bond donors (Lipinski definition) is 0. The monoisotopic (exact) mass is 297 g/mol. The van der Waals surface area contributed by atoms with Gasteiger partial charge in [0, 0.05) is 5.88 Å². The minimum absolute atomic E-state index is 0.202. The lowest BCUT2D eigenvalue weighted by atomic mass is 9.92. The fourth-order valence-corrected chi connectivity index (χ4v) is 3.04. The number of alkyl halides is 1. The van der Waals surface area contributed by atoms with Gasteiger partial charge in [-0.15, -0.1) is 11.6 Å². The maximum Gasteiger partial charge on any atom is 0.0715 e. The second kappa shape index (κ2) is 5.74. The first-order valence-electron chi connectivity index (χ1n) is 6.89. The smallest absolute Gasteiger partial charge is 0.0715 e. The van der Waals surface area contributed by atoms with Crippen LogP contribution in [0.3, 0.4) is 0 Å². The molecule has 1 aliphatic carbocycles. The van der Waals surface area contributed by atoms with Crippen molar-refractivity contribution in [2.45, 2.75) is 12.8 Å². The largest absolute Gasteiger partial charge is 0.545 e. The standard InChI is InChI=1S/C18H15ClO2/c19-10-9-16-15-4-2-1-3-12(15)5-6-13-7-8-14(18(20)21)11-17(13)16/h1-4,7-9,11H,5-6,10H2,(H,20,21)/p-1/b16-9+. The molecule has 0 radical (unpaired) electrons. The van der Waals surface area contributed by atoms with Crippen LogP contribution in [0.15, 0.2) is 48.5 Å². The van der Waals surface area contributed by atoms with E-state index in [1.807, 2.05) is 24.3 Å². The van der Waals surface area contributed by atoms with E-state index in [9.17, 15) is 9.90 Å². The third-order valence-corrected chi connectivity index (χ3v) is 4.04. The molecule has 0 bridgehead atoms. The molecule has 21 heavy (non-hydrogen) atoms. The quantitative estimate of drug-likeness (QED) is 0.800. The Morgan fingerprint density at radius 3 is 2.52 bits per heavy atom. The Balaban J connectivity index is 2.24. The number of carboxylic acids is 1. The van der Waals surface area contributed by atoms with Gasteiger partial charge in [-0.3, -0.25) is 0 Å². The van der Waals surface area contributed by atoms with Crippen LogP contribution in [-0.2, 0) is 12.8 Å². The zero-order valence-corrected chi connectivity index (χ0v) is 12.2. The van der Waals surface area contributed by atoms with E-state index in [4.69, 9.17) is 11.6 Å². The van der Waals surface area contributed by atoms with Crippen molar-refractivity contribution >= 4 is 23.1 Å². The first-order chi connectivity index (χ1) is 10.2. The van der Waals surface area contributed by atoms with Crippen molar-refractivity contribution in [1.82, 2.24) is 0 Å². The molecule has 1 aliphatic rings. The molecule has 0 heterocycles. The average Bonchev–Trinajstić information content (AvgIpc) is 2.65. The van der Waals surface area contributed by atoms with Crippen molar-refractivity contribution in [2.24, 2.45) is 0 Å². The number of halogens is 1. The van der Waals surface area contributed by atoms with Gasteiger partial charge in [0.05, 0.1) is 5.97 Å². The van der Waals surface area contributed by atoms with E-state index in [0.717, 1.165) is 35.1 Å². The molecule has 2 aromatic carbocycles. The number of aryl methyl sites for hydroxylation is 2. The lowest BCUT2D eigenvalue weighted by molar-refractivity contribution is -0.255. The van der Waals surface area contributed by atoms with Crippen molar-refractivity contribution in [3.8, 4) is 0 Å². The van der Waals surface area contributed by atoms with Gasteiger partial charge in [-0.25, -0.2) is 0 Å². The molecule has 0 aliphatic heterocycles. The molecule has 0 fully saturated rings. The van der Waals surface area contributed by atoms with Crippen molar-refractivity contribution < 1.29 is 9.90 Å². The van der Waals surface area contributed by atoms with Gasteiger partial charge in [-0.05, 0) is 52.3 Å². The first-order valence-corrected chi connectivity index (χ1v) is 7.43. The number of carbonyl (C=O) groups excluding carboxylic acids is 1. The number of carboxylic acid groups (broad SMARTS) is 1. The fraction of sp³-hybridized carbons (Fsp3) is 0.167. The summed E-state index contributed by atoms with van der Waals surface area (Å²) in [5.41, 5.74) is 5.70. The average molecular weight is 298 g/mol. The van der Waals surface area contributed by atoms with Crippen LogP contribution in [0.1, 0.15) is 32.6 Å². The van der Waals surface area contributed by atoms with Crippen LogP contribution in [0.25, 0.3) is 5.57 Å². The maximum absolute atomic E-state index is 11.1. The normalized spacial score (nSPS) is 15.2. The Labute approximate surface area is 128 Å². The minimum Gasteiger partial charge on any atom is -0.545 e. The molecule has 0 aromatic heterocycles. The third kappa shape index (κ3) is 2.59. The van der Waals surface area contributed by atoms with Gasteiger partial charge in [-0.2, -0.15) is 0 Å². The second-order valence-electron chi connectivity index (χ2n) is 5.09. The fourth-order valence-electron chi connectivity index (χ4n) is 2.88. The summed E-state index contributed by atoms with van der Waals surface area (Å²) in [5.74, 6) is -0.765. The zero-order valence-electron chi connectivity index (χ0n) is 11.4. The van der Waals surface area contributed by atoms with Crippen molar-refractivity contribution in [3.05, 3.63) is 76.4 Å². The van der Waals surface area contributed by atoms with Gasteiger partial charge in [0.25, 0.3) is 0 Å². The molecule has 0 unspecified atom stereocenters. The number of carbonyl (C=O) groups is 1. The van der Waals surface area contributed by atoms with E-state index in [0.29, 0.717) is 5.88 Å². The molecule has 0 N–H and O–H groups in total. The van der Waals surface area contributed by atoms with Gasteiger partial charge < -0.3 is 9.90 Å². The number of benzene rings is 2. The highest BCUT2D eigenvalue weighted by Crippen LogP contribution is 2.34. The van der Waals surface area contributed by atoms with Gasteiger partial charge in [0.15, 0.2) is 0 Å². The summed E-state index contributed by atoms with van der Waals surface area (Å²) in [6, 6.07) is 13.4. The highest BCUT2D eigenvalue weighted by atomic mass is 35.5. The Kier molecular flexibility index (Phi) is 3.80. The summed E-state index contributed by atoms with van der Waals surface area (Å²) in [6.07, 6.45) is 3.77. The van der Waals surface area contributed by atoms with Crippen LogP contribution in [0.2, 0.25) is 0 Å². The van der Waals surface area contributed by atoms with Crippen LogP contribution in [0.4, 0.5) is 0 Å². The summed E-state index contributed by atoms with van der Waals surface area (Å²) >= 11 is 5.92. The van der Waals surface area contributed by atoms with E-state index in [1.165, 1.54) is 5.56 Å². The van der Waals surface area contributed by atoms with Crippen LogP contribution < -0.4 is 5.11 Å². The van der Waals surface area contributed by atoms with Gasteiger partial charge in [-0.1, -0.05) is 42.5 Å². The first kappa shape index (κ1) is 13.9. The third-order valence-electron chi connectivity index (χ3n) is 3.89. The molecule has 2 aromatic rings. The molecule has 0 saturated heterocycles. The van der Waals surface area contributed by atoms with E-state index in [2.05, 4.69) is 12.1 Å². The maximum atomic E-state index is 11.1. The van der Waals surface area contributed by atoms with Crippen molar-refractivity contribution in [3.63, 3.8) is 0 Å². The van der Waals surface area contributed by atoms with Gasteiger partial charge >= 0.3 is 0 Å². The summed E-state index contributed by atoms with van der Waals surface area (Å²) in [6.45, 7) is 0. The molecule has 3 heteroatoms. The molecule has 3 rings (SSSR count). The molecular weight excluding hydrogens is 284 g/mol. The SMILES string of the molecule is O=C([O-])c1ccc2c(c1)/C(=C/CCl)c1ccccc1CC2. The molecule has 0 spiro atoms. The summed E-state index contributed by atoms with van der Waals surface area (Å²) in [7, 11) is 0. The lowest BCUT2D eigenvalue weighted by Crippen LogP contribution is -2.22. The van der Waals surface area contributed by atoms with Gasteiger partial charge in [0.1, 0.15) is 0 Å². The Morgan fingerprint density at radius 1 is 1.10 bits per heavy atom. The molecule has 0 atom stereocenters. The van der Waals surface area contributed by atoms with E-state index < -0.39 is 5.97 Å². The van der Waals surface area contributed by atoms with E-state index in [-0.39, 0.29) is 5.56 Å². The predicted molar refractivity (Wildman–Crippen MR) is 82.4 cm³/mol. The molecule has 0 saturated carbocycles. The van der Waals surface area contributed by atoms with E-state index in [1.54, 1.807) is 12.1 Å². The summed E-state index contributed by atoms with van der Waals surface area (Å²) in [5, 5.41) is 11.1. The zero-order chi connectivity index (χ0) is 14.8. The van der Waals surface area contributed by atoms with Gasteiger partial charge in [0.2, 0.25) is 0 Å². The van der Waals surface area contributed by atoms with Crippen LogP contribution >= 0.6 is 11.6 Å². The molecule has 2 nitrogen and oxygen atoms in total. The molecular formula is C18H14ClO2-. The Bertz CT molecular complexity index is 732. The predicted octanol–water partition coefficient (Wildman–Crippen LogP) is 2.82. The van der Waals surface area contributed by atoms with E-state index >= 15 is 0 Å². The van der Waals surface area contributed by atoms with Crippen LogP contribution in [0, 0.1) is 0 Å². The number of aromatic carboxylic acids is 1. The Hall–Kier alpha value is -2.06. The second-order valence-corrected chi connectivity index (χ2v) is 5.40. The number of hydrogen-bond acceptors (Lipinski definition) is 2. The topological polar surface area (TPSA) is 40.1 Å². The highest BCUT2D eigenvalue weighted by molar-refractivity contribution is 6.19. The number of allylic oxidation sites excluding steroid dienone is 1. The van der Waals surface area contributed by atoms with Crippen LogP contribution in [-0.4, -0.2) is 11.8 Å². The summed E-state index contributed by atoms with van der Waals surface area (Å²) < 4.78 is 0. The molecule has 0 amide bonds. The van der Waals surface area contributed by atoms with Crippen molar-refractivity contribution in [1.29, 1.82) is 0 Å². The van der Waals surface area contributed by atoms with Crippen molar-refractivity contribution in [2.75, 3.05) is 5.88 Å². The summed E-state index contributed by atoms with van der Waals surface area (Å²) in [4.78, 5) is 11.1. The Morgan fingerprint density at radius 2 is 1.81 bits per heavy atom. The number of rotatable bonds is 2. The number of fused-ring (bicyclic) bond motifs is 2. The highest BCUT2D eigenvalue weighted by Gasteiger charge is 2.18. The minimum atomic E-state index is -1.15. The van der Waals surface area contributed by atoms with Crippen LogP contribution in [0.5, 0.6) is 0 Å². The molecule has 106 valence electrons. The lowest BCUT2D eigenvalue weighted by Gasteiger charge is -2.13.